The van der Waals surface area contributed by atoms with Crippen molar-refractivity contribution in [1.29, 1.82) is 0 Å². The average molecular weight is 502 g/mol. The number of amides is 2. The number of halogens is 4. The number of benzene rings is 1. The number of hydrogen-bond acceptors (Lipinski definition) is 5. The maximum absolute atomic E-state index is 15.2. The van der Waals surface area contributed by atoms with Gasteiger partial charge in [-0.2, -0.15) is 0 Å². The van der Waals surface area contributed by atoms with E-state index in [-0.39, 0.29) is 12.2 Å². The third kappa shape index (κ3) is 4.48. The molecule has 184 valence electrons. The van der Waals surface area contributed by atoms with Crippen molar-refractivity contribution in [2.45, 2.75) is 49.6 Å². The fourth-order valence-corrected chi connectivity index (χ4v) is 6.71. The lowest BCUT2D eigenvalue weighted by Crippen LogP contribution is -2.51. The van der Waals surface area contributed by atoms with Gasteiger partial charge in [-0.05, 0) is 23.8 Å². The molecular weight excluding hydrogens is 478 g/mol. The zero-order valence-corrected chi connectivity index (χ0v) is 18.9. The van der Waals surface area contributed by atoms with E-state index in [1.807, 2.05) is 0 Å². The number of nitrogens with zero attached hydrogens (tertiary/aromatic N) is 1. The van der Waals surface area contributed by atoms with Gasteiger partial charge in [-0.1, -0.05) is 19.1 Å². The van der Waals surface area contributed by atoms with E-state index in [1.165, 1.54) is 19.1 Å². The molecule has 3 aliphatic rings. The minimum atomic E-state index is -4.12. The predicted molar refractivity (Wildman–Crippen MR) is 114 cm³/mol. The van der Waals surface area contributed by atoms with Crippen molar-refractivity contribution in [3.63, 3.8) is 0 Å². The highest BCUT2D eigenvalue weighted by Crippen LogP contribution is 2.41. The number of carbonyl (C=O) groups is 2. The summed E-state index contributed by atoms with van der Waals surface area (Å²) in [5, 5.41) is 0.844. The van der Waals surface area contributed by atoms with Gasteiger partial charge in [-0.25, -0.2) is 26.0 Å². The molecule has 1 saturated heterocycles. The number of allylic oxidation sites excluding steroid dienone is 1. The molecule has 34 heavy (non-hydrogen) atoms. The van der Waals surface area contributed by atoms with E-state index in [4.69, 9.17) is 5.73 Å². The van der Waals surface area contributed by atoms with Crippen LogP contribution in [0.1, 0.15) is 25.3 Å². The monoisotopic (exact) mass is 501 g/mol. The van der Waals surface area contributed by atoms with Crippen LogP contribution < -0.4 is 11.1 Å². The number of sulfone groups is 1. The van der Waals surface area contributed by atoms with E-state index in [9.17, 15) is 31.2 Å². The van der Waals surface area contributed by atoms with Crippen molar-refractivity contribution in [2.75, 3.05) is 5.75 Å². The van der Waals surface area contributed by atoms with Gasteiger partial charge in [0, 0.05) is 30.5 Å². The highest BCUT2D eigenvalue weighted by molar-refractivity contribution is 7.92. The highest BCUT2D eigenvalue weighted by atomic mass is 32.2. The highest BCUT2D eigenvalue weighted by Gasteiger charge is 2.50. The molecule has 2 unspecified atom stereocenters. The largest absolute Gasteiger partial charge is 0.349 e. The number of alkyl halides is 2. The van der Waals surface area contributed by atoms with Gasteiger partial charge in [-0.15, -0.1) is 0 Å². The quantitative estimate of drug-likeness (QED) is 0.613. The second-order valence-electron chi connectivity index (χ2n) is 8.96. The molecule has 0 aromatic heterocycles. The smallest absolute Gasteiger partial charge is 0.254 e. The van der Waals surface area contributed by atoms with E-state index in [0.717, 1.165) is 23.1 Å². The van der Waals surface area contributed by atoms with Gasteiger partial charge in [0.25, 0.3) is 11.8 Å². The normalized spacial score (nSPS) is 28.5. The molecule has 1 heterocycles. The van der Waals surface area contributed by atoms with Crippen LogP contribution in [0.15, 0.2) is 47.4 Å². The van der Waals surface area contributed by atoms with Crippen LogP contribution in [-0.2, 0) is 26.0 Å². The third-order valence-electron chi connectivity index (χ3n) is 6.31. The molecule has 2 amide bonds. The molecule has 1 aromatic carbocycles. The Morgan fingerprint density at radius 2 is 1.82 bits per heavy atom. The maximum Gasteiger partial charge on any atom is 0.254 e. The lowest BCUT2D eigenvalue weighted by Gasteiger charge is -2.37. The van der Waals surface area contributed by atoms with Gasteiger partial charge >= 0.3 is 0 Å². The van der Waals surface area contributed by atoms with Crippen molar-refractivity contribution in [3.8, 4) is 0 Å². The molecule has 1 aliphatic heterocycles. The second-order valence-corrected chi connectivity index (χ2v) is 11.1. The standard InChI is InChI=1S/C22H23F4N3O4S/c1-11-18(24)15(20(30)28-14-7-22(25,26)8-14)6-17-19(11)34(32,33)10-16(27)21(31)29(17)9-12-2-4-13(23)5-3-12/h2-6,11,14,16,19H,7-10,27H2,1H3,(H,28,30)/t11?,16-,19?/m0/s1. The molecule has 2 aliphatic carbocycles. The number of hydrogen-bond donors (Lipinski definition) is 2. The number of fused-ring (bicyclic) bond motifs is 1. The molecule has 0 bridgehead atoms. The first-order valence-corrected chi connectivity index (χ1v) is 12.3. The van der Waals surface area contributed by atoms with Crippen molar-refractivity contribution < 1.29 is 35.6 Å². The van der Waals surface area contributed by atoms with E-state index in [0.29, 0.717) is 5.56 Å². The number of carbonyl (C=O) groups excluding carboxylic acids is 2. The summed E-state index contributed by atoms with van der Waals surface area (Å²) in [5.74, 6) is -8.22. The van der Waals surface area contributed by atoms with Crippen LogP contribution in [0, 0.1) is 11.7 Å². The minimum absolute atomic E-state index is 0.139. The van der Waals surface area contributed by atoms with E-state index in [2.05, 4.69) is 5.32 Å². The maximum atomic E-state index is 15.2. The van der Waals surface area contributed by atoms with Crippen LogP contribution in [-0.4, -0.2) is 54.1 Å². The molecule has 7 nitrogen and oxygen atoms in total. The van der Waals surface area contributed by atoms with Crippen LogP contribution in [0.2, 0.25) is 0 Å². The second kappa shape index (κ2) is 8.49. The third-order valence-corrected chi connectivity index (χ3v) is 8.56. The number of nitrogens with one attached hydrogen (secondary N) is 1. The summed E-state index contributed by atoms with van der Waals surface area (Å²) in [5.41, 5.74) is 5.63. The van der Waals surface area contributed by atoms with Gasteiger partial charge in [0.15, 0.2) is 9.84 Å². The zero-order chi connectivity index (χ0) is 25.0. The van der Waals surface area contributed by atoms with E-state index >= 15 is 4.39 Å². The number of nitrogens with two attached hydrogens (primary N) is 1. The zero-order valence-electron chi connectivity index (χ0n) is 18.1. The summed E-state index contributed by atoms with van der Waals surface area (Å²) in [6, 6.07) is 2.85. The van der Waals surface area contributed by atoms with E-state index < -0.39 is 86.6 Å². The summed E-state index contributed by atoms with van der Waals surface area (Å²) in [6.07, 6.45) is -0.190. The summed E-state index contributed by atoms with van der Waals surface area (Å²) < 4.78 is 80.9. The Balaban J connectivity index is 1.74. The SMILES string of the molecule is CC1C(F)=C(C(=O)NC2CC(F)(F)C2)C=C2C1S(=O)(=O)C[C@H](N)C(=O)N2Cc1ccc(F)cc1. The van der Waals surface area contributed by atoms with Crippen LogP contribution in [0.5, 0.6) is 0 Å². The van der Waals surface area contributed by atoms with Crippen LogP contribution in [0.25, 0.3) is 0 Å². The van der Waals surface area contributed by atoms with Crippen LogP contribution in [0.4, 0.5) is 17.6 Å². The fourth-order valence-electron chi connectivity index (χ4n) is 4.55. The Labute approximate surface area is 193 Å². The van der Waals surface area contributed by atoms with Crippen LogP contribution in [0.3, 0.4) is 0 Å². The Kier molecular flexibility index (Phi) is 6.09. The Morgan fingerprint density at radius 1 is 1.21 bits per heavy atom. The molecule has 1 aromatic rings. The lowest BCUT2D eigenvalue weighted by atomic mass is 9.87. The van der Waals surface area contributed by atoms with Gasteiger partial charge in [0.05, 0.1) is 23.9 Å². The molecule has 0 radical (unpaired) electrons. The molecule has 2 fully saturated rings. The summed E-state index contributed by atoms with van der Waals surface area (Å²) in [6.45, 7) is 1.08. The molecule has 1 saturated carbocycles. The topological polar surface area (TPSA) is 110 Å². The molecule has 3 atom stereocenters. The Morgan fingerprint density at radius 3 is 2.41 bits per heavy atom. The summed E-state index contributed by atoms with van der Waals surface area (Å²) >= 11 is 0. The summed E-state index contributed by atoms with van der Waals surface area (Å²) in [4.78, 5) is 26.8. The van der Waals surface area contributed by atoms with Crippen molar-refractivity contribution in [1.82, 2.24) is 10.2 Å². The fraction of sp³-hybridized carbons (Fsp3) is 0.455. The molecule has 3 N–H and O–H groups in total. The Hall–Kier alpha value is -2.73. The average Bonchev–Trinajstić information content (AvgIpc) is 2.78. The number of rotatable bonds is 4. The lowest BCUT2D eigenvalue weighted by molar-refractivity contribution is -0.131. The van der Waals surface area contributed by atoms with Gasteiger partial charge < -0.3 is 16.0 Å². The van der Waals surface area contributed by atoms with Gasteiger partial charge in [0.2, 0.25) is 5.91 Å². The van der Waals surface area contributed by atoms with Crippen molar-refractivity contribution in [3.05, 3.63) is 58.8 Å². The minimum Gasteiger partial charge on any atom is -0.349 e. The predicted octanol–water partition coefficient (Wildman–Crippen LogP) is 1.95. The van der Waals surface area contributed by atoms with Gasteiger partial charge in [0.1, 0.15) is 16.9 Å². The molecule has 4 rings (SSSR count). The first-order valence-electron chi connectivity index (χ1n) is 10.6. The first-order chi connectivity index (χ1) is 15.8. The summed E-state index contributed by atoms with van der Waals surface area (Å²) in [7, 11) is -4.12. The van der Waals surface area contributed by atoms with E-state index in [1.54, 1.807) is 0 Å². The molecule has 0 spiro atoms. The van der Waals surface area contributed by atoms with Crippen molar-refractivity contribution >= 4 is 21.7 Å². The van der Waals surface area contributed by atoms with Crippen molar-refractivity contribution in [2.24, 2.45) is 11.7 Å². The van der Waals surface area contributed by atoms with Crippen LogP contribution >= 0.6 is 0 Å². The Bertz CT molecular complexity index is 1190. The molecular formula is C22H23F4N3O4S. The van der Waals surface area contributed by atoms with Gasteiger partial charge in [-0.3, -0.25) is 9.59 Å². The first kappa shape index (κ1) is 24.4. The molecule has 12 heteroatoms.